The zero-order valence-corrected chi connectivity index (χ0v) is 21.8. The molecule has 8 heteroatoms. The highest BCUT2D eigenvalue weighted by molar-refractivity contribution is 6.42. The van der Waals surface area contributed by atoms with Crippen molar-refractivity contribution in [1.82, 2.24) is 15.1 Å². The zero-order valence-electron chi connectivity index (χ0n) is 20.3. The SMILES string of the molecule is CCCCOC(=O)N(C)[C@@]1(C(=O)C2CCN(CC3CC3)CC2)CNC[C@@H]1c1ccc(Cl)c(Cl)c1. The third kappa shape index (κ3) is 5.40. The standard InChI is InChI=1S/C26H37Cl2N3O3/c1-3-4-13-34-25(33)30(2)26(17-29-15-21(26)20-7-8-22(27)23(28)14-20)24(32)19-9-11-31(12-10-19)16-18-5-6-18/h7-8,14,18-19,21,29H,3-6,9-13,15-17H2,1-2H3/t21-,26+/m1/s1. The molecule has 188 valence electrons. The van der Waals surface area contributed by atoms with Crippen molar-refractivity contribution in [2.45, 2.75) is 56.9 Å². The summed E-state index contributed by atoms with van der Waals surface area (Å²) in [6, 6.07) is 5.52. The number of hydrogen-bond donors (Lipinski definition) is 1. The molecule has 0 bridgehead atoms. The Morgan fingerprint density at radius 2 is 1.91 bits per heavy atom. The Morgan fingerprint density at radius 1 is 1.18 bits per heavy atom. The summed E-state index contributed by atoms with van der Waals surface area (Å²) in [5.74, 6) is 0.671. The molecule has 0 unspecified atom stereocenters. The summed E-state index contributed by atoms with van der Waals surface area (Å²) in [4.78, 5) is 31.5. The molecular formula is C26H37Cl2N3O3. The fourth-order valence-corrected chi connectivity index (χ4v) is 5.87. The van der Waals surface area contributed by atoms with Crippen molar-refractivity contribution in [3.8, 4) is 0 Å². The maximum absolute atomic E-state index is 14.3. The van der Waals surface area contributed by atoms with Gasteiger partial charge in [0.25, 0.3) is 0 Å². The molecule has 2 heterocycles. The number of Topliss-reactive ketones (excluding diaryl/α,β-unsaturated/α-hetero) is 1. The largest absolute Gasteiger partial charge is 0.449 e. The number of hydrogen-bond acceptors (Lipinski definition) is 5. The number of unbranched alkanes of at least 4 members (excludes halogenated alkanes) is 1. The number of likely N-dealkylation sites (tertiary alicyclic amines) is 1. The first kappa shape index (κ1) is 25.7. The molecule has 4 rings (SSSR count). The molecule has 6 nitrogen and oxygen atoms in total. The number of benzene rings is 1. The predicted molar refractivity (Wildman–Crippen MR) is 136 cm³/mol. The minimum Gasteiger partial charge on any atom is -0.449 e. The monoisotopic (exact) mass is 509 g/mol. The third-order valence-electron chi connectivity index (χ3n) is 7.86. The first-order chi connectivity index (χ1) is 16.4. The van der Waals surface area contributed by atoms with Crippen LogP contribution in [0.1, 0.15) is 56.9 Å². The first-order valence-corrected chi connectivity index (χ1v) is 13.4. The van der Waals surface area contributed by atoms with Crippen LogP contribution in [0.25, 0.3) is 0 Å². The van der Waals surface area contributed by atoms with E-state index in [-0.39, 0.29) is 17.6 Å². The Morgan fingerprint density at radius 3 is 2.56 bits per heavy atom. The van der Waals surface area contributed by atoms with Gasteiger partial charge in [0.1, 0.15) is 5.54 Å². The lowest BCUT2D eigenvalue weighted by atomic mass is 9.72. The van der Waals surface area contributed by atoms with E-state index < -0.39 is 11.6 Å². The Labute approximate surface area is 213 Å². The van der Waals surface area contributed by atoms with Crippen LogP contribution in [0, 0.1) is 11.8 Å². The summed E-state index contributed by atoms with van der Waals surface area (Å²) >= 11 is 12.5. The van der Waals surface area contributed by atoms with E-state index in [4.69, 9.17) is 27.9 Å². The van der Waals surface area contributed by atoms with Crippen LogP contribution >= 0.6 is 23.2 Å². The van der Waals surface area contributed by atoms with Crippen LogP contribution in [0.2, 0.25) is 10.0 Å². The number of carbonyl (C=O) groups excluding carboxylic acids is 2. The topological polar surface area (TPSA) is 61.9 Å². The number of carbonyl (C=O) groups is 2. The minimum absolute atomic E-state index is 0.0773. The molecule has 0 radical (unpaired) electrons. The number of amides is 1. The third-order valence-corrected chi connectivity index (χ3v) is 8.60. The molecule has 0 spiro atoms. The number of halogens is 2. The van der Waals surface area contributed by atoms with Crippen LogP contribution in [-0.4, -0.2) is 73.6 Å². The van der Waals surface area contributed by atoms with Gasteiger partial charge in [0.15, 0.2) is 5.78 Å². The first-order valence-electron chi connectivity index (χ1n) is 12.7. The Kier molecular flexibility index (Phi) is 8.44. The molecule has 1 saturated carbocycles. The van der Waals surface area contributed by atoms with Gasteiger partial charge in [-0.3, -0.25) is 9.69 Å². The summed E-state index contributed by atoms with van der Waals surface area (Å²) in [6.45, 7) is 6.43. The van der Waals surface area contributed by atoms with Gasteiger partial charge in [-0.2, -0.15) is 0 Å². The summed E-state index contributed by atoms with van der Waals surface area (Å²) in [5, 5.41) is 4.33. The van der Waals surface area contributed by atoms with Crippen LogP contribution in [0.3, 0.4) is 0 Å². The summed E-state index contributed by atoms with van der Waals surface area (Å²) < 4.78 is 5.57. The van der Waals surface area contributed by atoms with Crippen LogP contribution in [-0.2, 0) is 9.53 Å². The van der Waals surface area contributed by atoms with E-state index in [1.165, 1.54) is 12.8 Å². The van der Waals surface area contributed by atoms with Gasteiger partial charge in [0.2, 0.25) is 0 Å². The lowest BCUT2D eigenvalue weighted by Crippen LogP contribution is -2.62. The van der Waals surface area contributed by atoms with E-state index in [1.807, 2.05) is 12.1 Å². The fourth-order valence-electron chi connectivity index (χ4n) is 5.56. The zero-order chi connectivity index (χ0) is 24.3. The second kappa shape index (κ2) is 11.2. The molecule has 2 aliphatic heterocycles. The van der Waals surface area contributed by atoms with Gasteiger partial charge in [0.05, 0.1) is 16.7 Å². The number of nitrogens with one attached hydrogen (secondary N) is 1. The molecule has 1 amide bonds. The molecule has 1 aromatic carbocycles. The van der Waals surface area contributed by atoms with Crippen molar-refractivity contribution < 1.29 is 14.3 Å². The number of ketones is 1. The Balaban J connectivity index is 1.59. The molecule has 3 aliphatic rings. The van der Waals surface area contributed by atoms with Gasteiger partial charge >= 0.3 is 6.09 Å². The van der Waals surface area contributed by atoms with Crippen molar-refractivity contribution >= 4 is 35.1 Å². The van der Waals surface area contributed by atoms with Gasteiger partial charge in [-0.25, -0.2) is 4.79 Å². The van der Waals surface area contributed by atoms with Gasteiger partial charge in [0, 0.05) is 38.5 Å². The van der Waals surface area contributed by atoms with Gasteiger partial charge in [-0.1, -0.05) is 42.6 Å². The quantitative estimate of drug-likeness (QED) is 0.475. The average molecular weight is 511 g/mol. The highest BCUT2D eigenvalue weighted by Crippen LogP contribution is 2.42. The van der Waals surface area contributed by atoms with Gasteiger partial charge in [-0.05, 0) is 68.8 Å². The second-order valence-electron chi connectivity index (χ2n) is 10.2. The summed E-state index contributed by atoms with van der Waals surface area (Å²) in [7, 11) is 1.71. The summed E-state index contributed by atoms with van der Waals surface area (Å²) in [5.41, 5.74) is -0.115. The maximum atomic E-state index is 14.3. The molecule has 2 saturated heterocycles. The van der Waals surface area contributed by atoms with E-state index in [9.17, 15) is 9.59 Å². The molecule has 1 N–H and O–H groups in total. The van der Waals surface area contributed by atoms with Crippen molar-refractivity contribution in [2.75, 3.05) is 46.4 Å². The average Bonchev–Trinajstić information content (AvgIpc) is 3.54. The molecule has 1 aliphatic carbocycles. The van der Waals surface area contributed by atoms with Crippen LogP contribution < -0.4 is 5.32 Å². The molecule has 0 aromatic heterocycles. The lowest BCUT2D eigenvalue weighted by Gasteiger charge is -2.44. The summed E-state index contributed by atoms with van der Waals surface area (Å²) in [6.07, 6.45) is 5.64. The van der Waals surface area contributed by atoms with Crippen molar-refractivity contribution in [2.24, 2.45) is 11.8 Å². The highest BCUT2D eigenvalue weighted by Gasteiger charge is 2.56. The van der Waals surface area contributed by atoms with Crippen LogP contribution in [0.15, 0.2) is 18.2 Å². The molecule has 2 atom stereocenters. The molecule has 3 fully saturated rings. The van der Waals surface area contributed by atoms with Gasteiger partial charge in [-0.15, -0.1) is 0 Å². The molecule has 34 heavy (non-hydrogen) atoms. The van der Waals surface area contributed by atoms with Crippen molar-refractivity contribution in [3.63, 3.8) is 0 Å². The number of ether oxygens (including phenoxy) is 1. The highest BCUT2D eigenvalue weighted by atomic mass is 35.5. The van der Waals surface area contributed by atoms with Crippen LogP contribution in [0.4, 0.5) is 4.79 Å². The van der Waals surface area contributed by atoms with Crippen molar-refractivity contribution in [3.05, 3.63) is 33.8 Å². The van der Waals surface area contributed by atoms with E-state index >= 15 is 0 Å². The fraction of sp³-hybridized carbons (Fsp3) is 0.692. The van der Waals surface area contributed by atoms with E-state index in [0.29, 0.717) is 29.7 Å². The number of piperidine rings is 1. The number of likely N-dealkylation sites (N-methyl/N-ethyl adjacent to an activating group) is 1. The number of rotatable bonds is 9. The van der Waals surface area contributed by atoms with E-state index in [0.717, 1.165) is 56.8 Å². The maximum Gasteiger partial charge on any atom is 0.410 e. The van der Waals surface area contributed by atoms with Gasteiger partial charge < -0.3 is 15.0 Å². The normalized spacial score (nSPS) is 25.9. The lowest BCUT2D eigenvalue weighted by molar-refractivity contribution is -0.135. The Bertz CT molecular complexity index is 886. The predicted octanol–water partition coefficient (Wildman–Crippen LogP) is 4.98. The minimum atomic E-state index is -1.02. The Hall–Kier alpha value is -1.34. The second-order valence-corrected chi connectivity index (χ2v) is 11.0. The van der Waals surface area contributed by atoms with E-state index in [1.54, 1.807) is 18.0 Å². The number of nitrogens with zero attached hydrogens (tertiary/aromatic N) is 2. The van der Waals surface area contributed by atoms with Crippen LogP contribution in [0.5, 0.6) is 0 Å². The van der Waals surface area contributed by atoms with Crippen molar-refractivity contribution in [1.29, 1.82) is 0 Å². The molecular weight excluding hydrogens is 473 g/mol. The smallest absolute Gasteiger partial charge is 0.410 e. The molecule has 1 aromatic rings. The van der Waals surface area contributed by atoms with E-state index in [2.05, 4.69) is 17.1 Å².